The molecule has 0 spiro atoms. The van der Waals surface area contributed by atoms with Gasteiger partial charge in [0.1, 0.15) is 5.25 Å². The predicted octanol–water partition coefficient (Wildman–Crippen LogP) is 4.50. The van der Waals surface area contributed by atoms with E-state index in [1.54, 1.807) is 0 Å². The molecule has 3 nitrogen and oxygen atoms in total. The van der Waals surface area contributed by atoms with Gasteiger partial charge in [-0.2, -0.15) is 0 Å². The van der Waals surface area contributed by atoms with Crippen molar-refractivity contribution >= 4 is 40.7 Å². The number of thioether (sulfide) groups is 1. The Labute approximate surface area is 138 Å². The average Bonchev–Trinajstić information content (AvgIpc) is 2.74. The molecule has 0 N–H and O–H groups in total. The summed E-state index contributed by atoms with van der Waals surface area (Å²) in [5.74, 6) is -0.233. The van der Waals surface area contributed by atoms with Crippen molar-refractivity contribution in [2.75, 3.05) is 7.11 Å². The number of halogens is 1. The molecule has 0 saturated carbocycles. The molecule has 3 rings (SSSR count). The van der Waals surface area contributed by atoms with Crippen LogP contribution in [0.3, 0.4) is 0 Å². The summed E-state index contributed by atoms with van der Waals surface area (Å²) in [6.07, 6.45) is 0.521. The van der Waals surface area contributed by atoms with Crippen LogP contribution in [0.2, 0.25) is 5.02 Å². The summed E-state index contributed by atoms with van der Waals surface area (Å²) in [7, 11) is 1.42. The molecule has 1 aliphatic heterocycles. The molecular formula is C17H14ClNO2S. The van der Waals surface area contributed by atoms with Gasteiger partial charge >= 0.3 is 5.97 Å². The minimum atomic E-state index is -0.303. The first-order chi connectivity index (χ1) is 10.7. The molecule has 22 heavy (non-hydrogen) atoms. The smallest absolute Gasteiger partial charge is 0.319 e. The Balaban J connectivity index is 2.05. The van der Waals surface area contributed by atoms with Gasteiger partial charge in [0, 0.05) is 16.3 Å². The Morgan fingerprint density at radius 2 is 1.95 bits per heavy atom. The number of carbonyl (C=O) groups is 1. The fourth-order valence-corrected chi connectivity index (χ4v) is 3.56. The minimum absolute atomic E-state index is 0.233. The van der Waals surface area contributed by atoms with Gasteiger partial charge in [0.15, 0.2) is 0 Å². The van der Waals surface area contributed by atoms with Gasteiger partial charge in [-0.15, -0.1) is 11.8 Å². The Bertz CT molecular complexity index is 728. The summed E-state index contributed by atoms with van der Waals surface area (Å²) in [6.45, 7) is 0. The Morgan fingerprint density at radius 1 is 1.23 bits per heavy atom. The van der Waals surface area contributed by atoms with Crippen LogP contribution in [0.5, 0.6) is 0 Å². The lowest BCUT2D eigenvalue weighted by Gasteiger charge is -2.13. The minimum Gasteiger partial charge on any atom is -0.468 e. The quantitative estimate of drug-likeness (QED) is 0.761. The molecule has 0 bridgehead atoms. The molecule has 112 valence electrons. The molecule has 0 radical (unpaired) electrons. The van der Waals surface area contributed by atoms with Crippen LogP contribution >= 0.6 is 23.4 Å². The maximum Gasteiger partial charge on any atom is 0.319 e. The third-order valence-electron chi connectivity index (χ3n) is 3.41. The SMILES string of the molecule is COC(=O)[C@H]1CC(c2ccc(Cl)cc2)=Nc2ccccc2S1. The highest BCUT2D eigenvalue weighted by Crippen LogP contribution is 2.38. The van der Waals surface area contributed by atoms with Crippen LogP contribution in [0.4, 0.5) is 5.69 Å². The predicted molar refractivity (Wildman–Crippen MR) is 90.4 cm³/mol. The lowest BCUT2D eigenvalue weighted by atomic mass is 10.1. The lowest BCUT2D eigenvalue weighted by Crippen LogP contribution is -2.22. The first-order valence-electron chi connectivity index (χ1n) is 6.84. The second-order valence-corrected chi connectivity index (χ2v) is 6.55. The molecule has 0 aromatic heterocycles. The molecular weight excluding hydrogens is 318 g/mol. The lowest BCUT2D eigenvalue weighted by molar-refractivity contribution is -0.139. The van der Waals surface area contributed by atoms with Crippen LogP contribution in [0.25, 0.3) is 0 Å². The summed E-state index contributed by atoms with van der Waals surface area (Å²) in [5, 5.41) is 0.375. The second kappa shape index (κ2) is 6.55. The van der Waals surface area contributed by atoms with Crippen LogP contribution in [-0.4, -0.2) is 24.0 Å². The number of esters is 1. The Morgan fingerprint density at radius 3 is 2.68 bits per heavy atom. The van der Waals surface area contributed by atoms with Crippen molar-refractivity contribution in [3.05, 3.63) is 59.1 Å². The topological polar surface area (TPSA) is 38.7 Å². The number of ether oxygens (including phenoxy) is 1. The van der Waals surface area contributed by atoms with Crippen molar-refractivity contribution in [1.29, 1.82) is 0 Å². The van der Waals surface area contributed by atoms with E-state index in [0.717, 1.165) is 21.9 Å². The molecule has 2 aromatic carbocycles. The molecule has 2 aromatic rings. The molecule has 0 fully saturated rings. The largest absolute Gasteiger partial charge is 0.468 e. The standard InChI is InChI=1S/C17H14ClNO2S/c1-21-17(20)16-10-14(11-6-8-12(18)9-7-11)19-13-4-2-3-5-15(13)22-16/h2-9,16H,10H2,1H3/t16-/m1/s1. The summed E-state index contributed by atoms with van der Waals surface area (Å²) >= 11 is 7.44. The number of benzene rings is 2. The number of para-hydroxylation sites is 1. The van der Waals surface area contributed by atoms with Crippen molar-refractivity contribution in [2.24, 2.45) is 4.99 Å². The third-order valence-corrected chi connectivity index (χ3v) is 4.90. The number of rotatable bonds is 2. The molecule has 0 unspecified atom stereocenters. The highest BCUT2D eigenvalue weighted by molar-refractivity contribution is 8.00. The van der Waals surface area contributed by atoms with E-state index in [1.807, 2.05) is 48.5 Å². The van der Waals surface area contributed by atoms with Crippen LogP contribution in [0, 0.1) is 0 Å². The molecule has 1 atom stereocenters. The van der Waals surface area contributed by atoms with Crippen LogP contribution in [0.15, 0.2) is 58.4 Å². The molecule has 0 amide bonds. The first-order valence-corrected chi connectivity index (χ1v) is 8.10. The van der Waals surface area contributed by atoms with Crippen molar-refractivity contribution in [1.82, 2.24) is 0 Å². The fraction of sp³-hybridized carbons (Fsp3) is 0.176. The molecule has 0 aliphatic carbocycles. The zero-order valence-electron chi connectivity index (χ0n) is 12.0. The van der Waals surface area contributed by atoms with E-state index in [2.05, 4.69) is 0 Å². The van der Waals surface area contributed by atoms with Crippen LogP contribution in [0.1, 0.15) is 12.0 Å². The second-order valence-electron chi connectivity index (χ2n) is 4.87. The average molecular weight is 332 g/mol. The zero-order valence-corrected chi connectivity index (χ0v) is 13.5. The third kappa shape index (κ3) is 3.18. The maximum absolute atomic E-state index is 12.0. The molecule has 1 aliphatic rings. The van der Waals surface area contributed by atoms with Crippen LogP contribution in [-0.2, 0) is 9.53 Å². The van der Waals surface area contributed by atoms with Gasteiger partial charge in [0.25, 0.3) is 0 Å². The van der Waals surface area contributed by atoms with E-state index >= 15 is 0 Å². The number of aliphatic imine (C=N–C) groups is 1. The Hall–Kier alpha value is -1.78. The summed E-state index contributed by atoms with van der Waals surface area (Å²) < 4.78 is 4.93. The molecule has 5 heteroatoms. The van der Waals surface area contributed by atoms with Crippen molar-refractivity contribution in [3.8, 4) is 0 Å². The summed E-state index contributed by atoms with van der Waals surface area (Å²) in [4.78, 5) is 17.8. The van der Waals surface area contributed by atoms with E-state index in [4.69, 9.17) is 21.3 Å². The van der Waals surface area contributed by atoms with Crippen LogP contribution < -0.4 is 0 Å². The normalized spacial score (nSPS) is 17.2. The summed E-state index contributed by atoms with van der Waals surface area (Å²) in [5.41, 5.74) is 2.71. The van der Waals surface area contributed by atoms with E-state index in [9.17, 15) is 4.79 Å². The fourth-order valence-electron chi connectivity index (χ4n) is 2.30. The molecule has 0 saturated heterocycles. The van der Waals surface area contributed by atoms with Gasteiger partial charge in [-0.05, 0) is 29.8 Å². The number of carbonyl (C=O) groups excluding carboxylic acids is 1. The number of hydrogen-bond acceptors (Lipinski definition) is 4. The number of hydrogen-bond donors (Lipinski definition) is 0. The van der Waals surface area contributed by atoms with E-state index in [-0.39, 0.29) is 11.2 Å². The Kier molecular flexibility index (Phi) is 4.50. The van der Waals surface area contributed by atoms with E-state index in [0.29, 0.717) is 11.4 Å². The van der Waals surface area contributed by atoms with Gasteiger partial charge < -0.3 is 4.74 Å². The molecule has 1 heterocycles. The van der Waals surface area contributed by atoms with Gasteiger partial charge in [-0.3, -0.25) is 9.79 Å². The monoisotopic (exact) mass is 331 g/mol. The number of nitrogens with zero attached hydrogens (tertiary/aromatic N) is 1. The van der Waals surface area contributed by atoms with Gasteiger partial charge in [0.05, 0.1) is 18.5 Å². The van der Waals surface area contributed by atoms with E-state index in [1.165, 1.54) is 18.9 Å². The summed E-state index contributed by atoms with van der Waals surface area (Å²) in [6, 6.07) is 15.3. The van der Waals surface area contributed by atoms with Crippen molar-refractivity contribution in [2.45, 2.75) is 16.6 Å². The van der Waals surface area contributed by atoms with E-state index < -0.39 is 0 Å². The van der Waals surface area contributed by atoms with Gasteiger partial charge in [0.2, 0.25) is 0 Å². The highest BCUT2D eigenvalue weighted by Gasteiger charge is 2.27. The number of fused-ring (bicyclic) bond motifs is 1. The van der Waals surface area contributed by atoms with Crippen molar-refractivity contribution < 1.29 is 9.53 Å². The van der Waals surface area contributed by atoms with Crippen molar-refractivity contribution in [3.63, 3.8) is 0 Å². The first kappa shape index (κ1) is 15.1. The highest BCUT2D eigenvalue weighted by atomic mass is 35.5. The number of methoxy groups -OCH3 is 1. The van der Waals surface area contributed by atoms with Gasteiger partial charge in [-0.1, -0.05) is 35.9 Å². The van der Waals surface area contributed by atoms with Gasteiger partial charge in [-0.25, -0.2) is 0 Å². The maximum atomic E-state index is 12.0. The zero-order chi connectivity index (χ0) is 15.5.